The molecule has 0 bridgehead atoms. The van der Waals surface area contributed by atoms with Gasteiger partial charge in [0.15, 0.2) is 0 Å². The van der Waals surface area contributed by atoms with E-state index >= 15 is 0 Å². The summed E-state index contributed by atoms with van der Waals surface area (Å²) in [6, 6.07) is 7.99. The zero-order valence-electron chi connectivity index (χ0n) is 14.1. The lowest BCUT2D eigenvalue weighted by atomic mass is 10.1. The third-order valence-corrected chi connectivity index (χ3v) is 3.84. The van der Waals surface area contributed by atoms with E-state index in [4.69, 9.17) is 0 Å². The molecule has 2 rings (SSSR count). The van der Waals surface area contributed by atoms with Crippen LogP contribution in [-0.4, -0.2) is 35.5 Å². The van der Waals surface area contributed by atoms with Crippen LogP contribution in [0.4, 0.5) is 5.82 Å². The fourth-order valence-electron chi connectivity index (χ4n) is 2.70. The number of aliphatic hydroxyl groups excluding tert-OH is 1. The summed E-state index contributed by atoms with van der Waals surface area (Å²) in [6.45, 7) is 5.27. The van der Waals surface area contributed by atoms with Gasteiger partial charge in [0.05, 0.1) is 11.8 Å². The Labute approximate surface area is 132 Å². The minimum absolute atomic E-state index is 0.500. The van der Waals surface area contributed by atoms with Crippen LogP contribution >= 0.6 is 0 Å². The maximum absolute atomic E-state index is 10.2. The van der Waals surface area contributed by atoms with Gasteiger partial charge in [0, 0.05) is 39.8 Å². The number of hydrogen-bond acceptors (Lipinski definition) is 4. The van der Waals surface area contributed by atoms with Gasteiger partial charge < -0.3 is 15.3 Å². The molecule has 2 N–H and O–H groups in total. The molecule has 22 heavy (non-hydrogen) atoms. The molecule has 0 saturated carbocycles. The van der Waals surface area contributed by atoms with Crippen molar-refractivity contribution < 1.29 is 5.11 Å². The largest absolute Gasteiger partial charge is 0.387 e. The molecule has 120 valence electrons. The zero-order chi connectivity index (χ0) is 16.3. The fraction of sp³-hybridized carbons (Fsp3) is 0.471. The van der Waals surface area contributed by atoms with Crippen molar-refractivity contribution in [2.45, 2.75) is 26.5 Å². The van der Waals surface area contributed by atoms with E-state index in [1.165, 1.54) is 11.1 Å². The Balaban J connectivity index is 1.98. The summed E-state index contributed by atoms with van der Waals surface area (Å²) >= 11 is 0. The molecule has 0 saturated heterocycles. The highest BCUT2D eigenvalue weighted by atomic mass is 16.3. The molecule has 2 aromatic rings. The van der Waals surface area contributed by atoms with Crippen molar-refractivity contribution in [2.75, 3.05) is 25.5 Å². The lowest BCUT2D eigenvalue weighted by Gasteiger charge is -2.17. The summed E-state index contributed by atoms with van der Waals surface area (Å²) < 4.78 is 1.89. The van der Waals surface area contributed by atoms with Crippen LogP contribution in [0.5, 0.6) is 0 Å². The molecule has 0 radical (unpaired) electrons. The SMILES string of the molecule is Cc1ccc([C@@H](O)CNCc2c(C)nn(C)c2N(C)C)cc1. The molecule has 1 aromatic carbocycles. The van der Waals surface area contributed by atoms with Crippen LogP contribution in [0.15, 0.2) is 24.3 Å². The normalized spacial score (nSPS) is 12.5. The average Bonchev–Trinajstić information content (AvgIpc) is 2.74. The second kappa shape index (κ2) is 6.94. The van der Waals surface area contributed by atoms with Crippen LogP contribution in [-0.2, 0) is 13.6 Å². The number of benzene rings is 1. The second-order valence-electron chi connectivity index (χ2n) is 5.96. The number of aryl methyl sites for hydroxylation is 3. The smallest absolute Gasteiger partial charge is 0.130 e. The van der Waals surface area contributed by atoms with Gasteiger partial charge in [-0.2, -0.15) is 5.10 Å². The van der Waals surface area contributed by atoms with Gasteiger partial charge >= 0.3 is 0 Å². The summed E-state index contributed by atoms with van der Waals surface area (Å²) in [7, 11) is 5.98. The van der Waals surface area contributed by atoms with Gasteiger partial charge in [-0.25, -0.2) is 0 Å². The van der Waals surface area contributed by atoms with E-state index in [0.29, 0.717) is 13.1 Å². The molecule has 0 fully saturated rings. The van der Waals surface area contributed by atoms with Gasteiger partial charge in [-0.05, 0) is 19.4 Å². The quantitative estimate of drug-likeness (QED) is 0.856. The molecule has 0 unspecified atom stereocenters. The molecule has 0 aliphatic rings. The van der Waals surface area contributed by atoms with Gasteiger partial charge in [0.25, 0.3) is 0 Å². The second-order valence-corrected chi connectivity index (χ2v) is 5.96. The molecule has 0 aliphatic heterocycles. The predicted octanol–water partition coefficient (Wildman–Crippen LogP) is 1.93. The first-order chi connectivity index (χ1) is 10.4. The van der Waals surface area contributed by atoms with Crippen molar-refractivity contribution in [2.24, 2.45) is 7.05 Å². The first-order valence-corrected chi connectivity index (χ1v) is 7.55. The minimum Gasteiger partial charge on any atom is -0.387 e. The summed E-state index contributed by atoms with van der Waals surface area (Å²) in [5, 5.41) is 18.1. The molecule has 0 spiro atoms. The molecular formula is C17H26N4O. The number of anilines is 1. The Morgan fingerprint density at radius 3 is 2.45 bits per heavy atom. The van der Waals surface area contributed by atoms with Crippen LogP contribution in [0, 0.1) is 13.8 Å². The Kier molecular flexibility index (Phi) is 5.21. The van der Waals surface area contributed by atoms with E-state index in [0.717, 1.165) is 17.1 Å². The number of aliphatic hydroxyl groups is 1. The van der Waals surface area contributed by atoms with E-state index in [2.05, 4.69) is 15.3 Å². The molecule has 0 amide bonds. The fourth-order valence-corrected chi connectivity index (χ4v) is 2.70. The zero-order valence-corrected chi connectivity index (χ0v) is 14.1. The third-order valence-electron chi connectivity index (χ3n) is 3.84. The van der Waals surface area contributed by atoms with Gasteiger partial charge in [-0.1, -0.05) is 29.8 Å². The number of nitrogens with zero attached hydrogens (tertiary/aromatic N) is 3. The number of nitrogens with one attached hydrogen (secondary N) is 1. The number of hydrogen-bond donors (Lipinski definition) is 2. The van der Waals surface area contributed by atoms with E-state index in [1.54, 1.807) is 0 Å². The van der Waals surface area contributed by atoms with Crippen LogP contribution in [0.1, 0.15) is 28.5 Å². The maximum Gasteiger partial charge on any atom is 0.130 e. The van der Waals surface area contributed by atoms with Crippen molar-refractivity contribution in [1.82, 2.24) is 15.1 Å². The minimum atomic E-state index is -0.500. The van der Waals surface area contributed by atoms with Gasteiger partial charge in [0.1, 0.15) is 5.82 Å². The summed E-state index contributed by atoms with van der Waals surface area (Å²) in [4.78, 5) is 2.06. The Morgan fingerprint density at radius 2 is 1.86 bits per heavy atom. The van der Waals surface area contributed by atoms with Crippen molar-refractivity contribution in [3.05, 3.63) is 46.6 Å². The first-order valence-electron chi connectivity index (χ1n) is 7.55. The van der Waals surface area contributed by atoms with Crippen molar-refractivity contribution in [1.29, 1.82) is 0 Å². The maximum atomic E-state index is 10.2. The van der Waals surface area contributed by atoms with E-state index in [9.17, 15) is 5.11 Å². The summed E-state index contributed by atoms with van der Waals surface area (Å²) in [6.07, 6.45) is -0.500. The third kappa shape index (κ3) is 3.67. The standard InChI is InChI=1S/C17H26N4O/c1-12-6-8-14(9-7-12)16(22)11-18-10-15-13(2)19-21(5)17(15)20(3)4/h6-9,16,18,22H,10-11H2,1-5H3/t16-/m0/s1. The number of aromatic nitrogens is 2. The van der Waals surface area contributed by atoms with E-state index < -0.39 is 6.10 Å². The summed E-state index contributed by atoms with van der Waals surface area (Å²) in [5.74, 6) is 1.09. The first kappa shape index (κ1) is 16.5. The molecule has 5 heteroatoms. The molecule has 5 nitrogen and oxygen atoms in total. The van der Waals surface area contributed by atoms with E-state index in [1.807, 2.05) is 63.9 Å². The Morgan fingerprint density at radius 1 is 1.23 bits per heavy atom. The molecular weight excluding hydrogens is 276 g/mol. The lowest BCUT2D eigenvalue weighted by molar-refractivity contribution is 0.174. The van der Waals surface area contributed by atoms with Crippen LogP contribution < -0.4 is 10.2 Å². The highest BCUT2D eigenvalue weighted by Gasteiger charge is 2.15. The summed E-state index contributed by atoms with van der Waals surface area (Å²) in [5.41, 5.74) is 4.33. The molecule has 1 aromatic heterocycles. The van der Waals surface area contributed by atoms with E-state index in [-0.39, 0.29) is 0 Å². The topological polar surface area (TPSA) is 53.3 Å². The van der Waals surface area contributed by atoms with Crippen molar-refractivity contribution in [3.63, 3.8) is 0 Å². The van der Waals surface area contributed by atoms with Crippen molar-refractivity contribution >= 4 is 5.82 Å². The lowest BCUT2D eigenvalue weighted by Crippen LogP contribution is -2.23. The molecule has 1 heterocycles. The van der Waals surface area contributed by atoms with Gasteiger partial charge in [-0.15, -0.1) is 0 Å². The molecule has 0 aliphatic carbocycles. The Bertz CT molecular complexity index is 616. The van der Waals surface area contributed by atoms with Crippen LogP contribution in [0.25, 0.3) is 0 Å². The Hall–Kier alpha value is -1.85. The predicted molar refractivity (Wildman–Crippen MR) is 90.1 cm³/mol. The van der Waals surface area contributed by atoms with Gasteiger partial charge in [0.2, 0.25) is 0 Å². The average molecular weight is 302 g/mol. The van der Waals surface area contributed by atoms with Gasteiger partial charge in [-0.3, -0.25) is 4.68 Å². The molecule has 1 atom stereocenters. The van der Waals surface area contributed by atoms with Crippen LogP contribution in [0.2, 0.25) is 0 Å². The number of rotatable bonds is 6. The monoisotopic (exact) mass is 302 g/mol. The highest BCUT2D eigenvalue weighted by molar-refractivity contribution is 5.48. The van der Waals surface area contributed by atoms with Crippen molar-refractivity contribution in [3.8, 4) is 0 Å². The van der Waals surface area contributed by atoms with Crippen LogP contribution in [0.3, 0.4) is 0 Å². The highest BCUT2D eigenvalue weighted by Crippen LogP contribution is 2.21.